The highest BCUT2D eigenvalue weighted by atomic mass is 16.5. The fraction of sp³-hybridized carbons (Fsp3) is 0.333. The van der Waals surface area contributed by atoms with E-state index in [4.69, 9.17) is 9.39 Å². The Labute approximate surface area is 76.4 Å². The van der Waals surface area contributed by atoms with Gasteiger partial charge in [-0.15, -0.1) is 0 Å². The van der Waals surface area contributed by atoms with E-state index < -0.39 is 7.12 Å². The van der Waals surface area contributed by atoms with E-state index in [9.17, 15) is 5.02 Å². The molecule has 4 heteroatoms. The van der Waals surface area contributed by atoms with Gasteiger partial charge in [-0.25, -0.2) is 0 Å². The maximum Gasteiger partial charge on any atom is 0.492 e. The van der Waals surface area contributed by atoms with Crippen molar-refractivity contribution in [2.24, 2.45) is 0 Å². The smallest absolute Gasteiger partial charge is 0.492 e. The standard InChI is InChI=1S/C9H9BO3/c11-10-9-6(5-13-10)1-2-8-7(9)3-4-12-8/h1-2,11H,3-5H2. The molecule has 1 aromatic rings. The van der Waals surface area contributed by atoms with Crippen molar-refractivity contribution >= 4 is 12.6 Å². The third-order valence-corrected chi connectivity index (χ3v) is 2.66. The topological polar surface area (TPSA) is 38.7 Å². The van der Waals surface area contributed by atoms with Crippen molar-refractivity contribution in [3.8, 4) is 5.75 Å². The first-order chi connectivity index (χ1) is 6.36. The van der Waals surface area contributed by atoms with Crippen LogP contribution in [0.25, 0.3) is 0 Å². The van der Waals surface area contributed by atoms with Crippen molar-refractivity contribution in [1.82, 2.24) is 0 Å². The first-order valence-corrected chi connectivity index (χ1v) is 4.43. The summed E-state index contributed by atoms with van der Waals surface area (Å²) in [6, 6.07) is 3.93. The second kappa shape index (κ2) is 2.50. The Morgan fingerprint density at radius 3 is 3.23 bits per heavy atom. The monoisotopic (exact) mass is 176 g/mol. The molecular weight excluding hydrogens is 167 g/mol. The van der Waals surface area contributed by atoms with Crippen LogP contribution in [0.3, 0.4) is 0 Å². The van der Waals surface area contributed by atoms with Crippen LogP contribution >= 0.6 is 0 Å². The lowest BCUT2D eigenvalue weighted by atomic mass is 9.75. The highest BCUT2D eigenvalue weighted by molar-refractivity contribution is 6.62. The summed E-state index contributed by atoms with van der Waals surface area (Å²) in [6.07, 6.45) is 0.888. The van der Waals surface area contributed by atoms with E-state index in [0.29, 0.717) is 6.61 Å². The van der Waals surface area contributed by atoms with Crippen LogP contribution in [-0.4, -0.2) is 18.7 Å². The van der Waals surface area contributed by atoms with Gasteiger partial charge in [0.2, 0.25) is 0 Å². The zero-order valence-corrected chi connectivity index (χ0v) is 7.12. The zero-order chi connectivity index (χ0) is 8.84. The van der Waals surface area contributed by atoms with Crippen molar-refractivity contribution in [2.45, 2.75) is 13.0 Å². The number of hydrogen-bond donors (Lipinski definition) is 1. The van der Waals surface area contributed by atoms with E-state index in [1.165, 1.54) is 0 Å². The maximum absolute atomic E-state index is 9.57. The number of hydrogen-bond acceptors (Lipinski definition) is 3. The SMILES string of the molecule is OB1OCc2ccc3c(c21)CCO3. The first-order valence-electron chi connectivity index (χ1n) is 4.43. The molecule has 0 bridgehead atoms. The van der Waals surface area contributed by atoms with Crippen molar-refractivity contribution in [2.75, 3.05) is 6.61 Å². The van der Waals surface area contributed by atoms with E-state index in [-0.39, 0.29) is 0 Å². The molecule has 1 N–H and O–H groups in total. The minimum Gasteiger partial charge on any atom is -0.493 e. The van der Waals surface area contributed by atoms with Crippen LogP contribution in [0.1, 0.15) is 11.1 Å². The van der Waals surface area contributed by atoms with Crippen LogP contribution in [0, 0.1) is 0 Å². The van der Waals surface area contributed by atoms with Gasteiger partial charge in [0, 0.05) is 6.42 Å². The molecule has 0 radical (unpaired) electrons. The molecule has 0 saturated heterocycles. The summed E-state index contributed by atoms with van der Waals surface area (Å²) in [7, 11) is -0.744. The Kier molecular flexibility index (Phi) is 1.42. The van der Waals surface area contributed by atoms with Crippen LogP contribution in [0.2, 0.25) is 0 Å². The van der Waals surface area contributed by atoms with Gasteiger partial charge in [0.15, 0.2) is 0 Å². The third kappa shape index (κ3) is 0.928. The van der Waals surface area contributed by atoms with E-state index >= 15 is 0 Å². The quantitative estimate of drug-likeness (QED) is 0.558. The molecule has 0 amide bonds. The molecule has 0 spiro atoms. The number of benzene rings is 1. The highest BCUT2D eigenvalue weighted by Gasteiger charge is 2.33. The molecule has 1 aromatic carbocycles. The van der Waals surface area contributed by atoms with Gasteiger partial charge < -0.3 is 14.4 Å². The highest BCUT2D eigenvalue weighted by Crippen LogP contribution is 2.27. The Bertz CT molecular complexity index is 364. The zero-order valence-electron chi connectivity index (χ0n) is 7.12. The van der Waals surface area contributed by atoms with Gasteiger partial charge in [-0.3, -0.25) is 0 Å². The Balaban J connectivity index is 2.23. The van der Waals surface area contributed by atoms with Crippen molar-refractivity contribution in [3.63, 3.8) is 0 Å². The molecule has 2 heterocycles. The van der Waals surface area contributed by atoms with Gasteiger partial charge in [-0.05, 0) is 22.7 Å². The largest absolute Gasteiger partial charge is 0.493 e. The molecule has 66 valence electrons. The minimum atomic E-state index is -0.744. The van der Waals surface area contributed by atoms with Crippen LogP contribution in [-0.2, 0) is 17.7 Å². The minimum absolute atomic E-state index is 0.518. The first kappa shape index (κ1) is 7.41. The van der Waals surface area contributed by atoms with Gasteiger partial charge in [0.1, 0.15) is 5.75 Å². The average molecular weight is 176 g/mol. The summed E-state index contributed by atoms with van der Waals surface area (Å²) < 4.78 is 10.6. The Morgan fingerprint density at radius 2 is 2.31 bits per heavy atom. The molecule has 2 aliphatic heterocycles. The van der Waals surface area contributed by atoms with Gasteiger partial charge in [-0.2, -0.15) is 0 Å². The van der Waals surface area contributed by atoms with Crippen molar-refractivity contribution < 1.29 is 14.4 Å². The molecule has 0 fully saturated rings. The maximum atomic E-state index is 9.57. The van der Waals surface area contributed by atoms with Crippen molar-refractivity contribution in [3.05, 3.63) is 23.3 Å². The molecule has 0 aromatic heterocycles. The summed E-state index contributed by atoms with van der Waals surface area (Å²) in [5.74, 6) is 0.906. The fourth-order valence-electron chi connectivity index (χ4n) is 2.03. The summed E-state index contributed by atoms with van der Waals surface area (Å²) in [6.45, 7) is 1.24. The molecule has 3 rings (SSSR count). The normalized spacial score (nSPS) is 18.4. The summed E-state index contributed by atoms with van der Waals surface area (Å²) >= 11 is 0. The number of fused-ring (bicyclic) bond motifs is 3. The second-order valence-electron chi connectivity index (χ2n) is 3.38. The van der Waals surface area contributed by atoms with E-state index in [0.717, 1.165) is 35.4 Å². The predicted molar refractivity (Wildman–Crippen MR) is 48.0 cm³/mol. The Hall–Kier alpha value is -0.995. The molecule has 0 atom stereocenters. The molecule has 0 unspecified atom stereocenters. The van der Waals surface area contributed by atoms with Crippen LogP contribution < -0.4 is 10.2 Å². The Morgan fingerprint density at radius 1 is 1.38 bits per heavy atom. The molecule has 2 aliphatic rings. The lowest BCUT2D eigenvalue weighted by molar-refractivity contribution is 0.275. The van der Waals surface area contributed by atoms with Gasteiger partial charge in [0.25, 0.3) is 0 Å². The van der Waals surface area contributed by atoms with E-state index in [1.54, 1.807) is 0 Å². The predicted octanol–water partition coefficient (Wildman–Crippen LogP) is -0.161. The third-order valence-electron chi connectivity index (χ3n) is 2.66. The van der Waals surface area contributed by atoms with Crippen molar-refractivity contribution in [1.29, 1.82) is 0 Å². The number of rotatable bonds is 0. The van der Waals surface area contributed by atoms with Gasteiger partial charge in [0.05, 0.1) is 13.2 Å². The fourth-order valence-corrected chi connectivity index (χ4v) is 2.03. The lowest BCUT2D eigenvalue weighted by Crippen LogP contribution is -2.30. The van der Waals surface area contributed by atoms with Crippen LogP contribution in [0.4, 0.5) is 0 Å². The molecule has 3 nitrogen and oxygen atoms in total. The summed E-state index contributed by atoms with van der Waals surface area (Å²) in [5.41, 5.74) is 3.16. The lowest BCUT2D eigenvalue weighted by Gasteiger charge is -2.04. The van der Waals surface area contributed by atoms with Crippen LogP contribution in [0.15, 0.2) is 12.1 Å². The molecule has 0 saturated carbocycles. The van der Waals surface area contributed by atoms with E-state index in [2.05, 4.69) is 0 Å². The average Bonchev–Trinajstić information content (AvgIpc) is 2.70. The van der Waals surface area contributed by atoms with Gasteiger partial charge in [-0.1, -0.05) is 6.07 Å². The molecule has 13 heavy (non-hydrogen) atoms. The van der Waals surface area contributed by atoms with Gasteiger partial charge >= 0.3 is 7.12 Å². The van der Waals surface area contributed by atoms with E-state index in [1.807, 2.05) is 12.1 Å². The summed E-state index contributed by atoms with van der Waals surface area (Å²) in [5, 5.41) is 9.57. The summed E-state index contributed by atoms with van der Waals surface area (Å²) in [4.78, 5) is 0. The molecule has 0 aliphatic carbocycles. The number of ether oxygens (including phenoxy) is 1. The van der Waals surface area contributed by atoms with Crippen LogP contribution in [0.5, 0.6) is 5.75 Å². The molecular formula is C9H9BO3. The second-order valence-corrected chi connectivity index (χ2v) is 3.38.